The lowest BCUT2D eigenvalue weighted by atomic mass is 10.0. The van der Waals surface area contributed by atoms with Crippen molar-refractivity contribution in [2.75, 3.05) is 49.8 Å². The van der Waals surface area contributed by atoms with Crippen molar-refractivity contribution in [3.8, 4) is 17.0 Å². The molecule has 13 nitrogen and oxygen atoms in total. The van der Waals surface area contributed by atoms with Gasteiger partial charge in [-0.15, -0.1) is 0 Å². The fraction of sp³-hybridized carbons (Fsp3) is 0.429. The molecule has 262 valence electrons. The van der Waals surface area contributed by atoms with Gasteiger partial charge in [-0.05, 0) is 68.7 Å². The Labute approximate surface area is 287 Å². The van der Waals surface area contributed by atoms with E-state index >= 15 is 0 Å². The number of fused-ring (bicyclic) bond motifs is 1. The fourth-order valence-corrected chi connectivity index (χ4v) is 6.83. The molecule has 14 heteroatoms. The van der Waals surface area contributed by atoms with E-state index < -0.39 is 33.5 Å². The molecule has 0 saturated carbocycles. The number of pyridine rings is 1. The third-order valence-electron chi connectivity index (χ3n) is 8.50. The van der Waals surface area contributed by atoms with Gasteiger partial charge in [0.1, 0.15) is 23.2 Å². The van der Waals surface area contributed by atoms with Crippen LogP contribution in [0.4, 0.5) is 11.5 Å². The minimum atomic E-state index is -3.29. The number of primary amides is 1. The van der Waals surface area contributed by atoms with Gasteiger partial charge in [0.15, 0.2) is 0 Å². The van der Waals surface area contributed by atoms with Gasteiger partial charge < -0.3 is 30.3 Å². The van der Waals surface area contributed by atoms with Crippen LogP contribution >= 0.6 is 0 Å². The molecule has 5 rings (SSSR count). The van der Waals surface area contributed by atoms with E-state index in [0.717, 1.165) is 22.6 Å². The number of carbonyl (C=O) groups is 3. The molecule has 2 aliphatic heterocycles. The van der Waals surface area contributed by atoms with Gasteiger partial charge in [0.25, 0.3) is 5.91 Å². The van der Waals surface area contributed by atoms with Crippen molar-refractivity contribution >= 4 is 39.3 Å². The van der Waals surface area contributed by atoms with E-state index in [4.69, 9.17) is 20.2 Å². The number of methoxy groups -OCH3 is 1. The molecule has 2 amide bonds. The first-order valence-electron chi connectivity index (χ1n) is 16.2. The lowest BCUT2D eigenvalue weighted by Gasteiger charge is -2.35. The number of nitrogens with zero attached hydrogens (tertiary/aromatic N) is 4. The van der Waals surface area contributed by atoms with Crippen LogP contribution in [0.25, 0.3) is 11.3 Å². The SMILES string of the molecule is COc1ccc(CNc2cc(N3CCN(S(C)(=O)=O)CC3)cc(-c3ccc4c(c3)CN(C(CCC(=O)OC(C)(C)C)C(N)=O)C4=O)n2)cc1. The van der Waals surface area contributed by atoms with E-state index in [0.29, 0.717) is 55.4 Å². The predicted molar refractivity (Wildman–Crippen MR) is 187 cm³/mol. The molecule has 3 aromatic rings. The second kappa shape index (κ2) is 14.4. The Kier molecular flexibility index (Phi) is 10.5. The number of sulfonamides is 1. The molecule has 0 aliphatic carbocycles. The smallest absolute Gasteiger partial charge is 0.306 e. The van der Waals surface area contributed by atoms with Crippen LogP contribution in [0.1, 0.15) is 55.1 Å². The maximum atomic E-state index is 13.5. The Balaban J connectivity index is 1.39. The highest BCUT2D eigenvalue weighted by molar-refractivity contribution is 7.88. The van der Waals surface area contributed by atoms with Crippen LogP contribution < -0.4 is 20.7 Å². The highest BCUT2D eigenvalue weighted by atomic mass is 32.2. The van der Waals surface area contributed by atoms with Crippen LogP contribution in [-0.4, -0.2) is 91.6 Å². The van der Waals surface area contributed by atoms with Crippen molar-refractivity contribution in [3.05, 3.63) is 71.3 Å². The Morgan fingerprint density at radius 2 is 1.71 bits per heavy atom. The van der Waals surface area contributed by atoms with Crippen molar-refractivity contribution in [3.63, 3.8) is 0 Å². The Morgan fingerprint density at radius 1 is 1.02 bits per heavy atom. The normalized spacial score (nSPS) is 15.9. The van der Waals surface area contributed by atoms with Gasteiger partial charge in [-0.3, -0.25) is 14.4 Å². The highest BCUT2D eigenvalue weighted by Gasteiger charge is 2.36. The summed E-state index contributed by atoms with van der Waals surface area (Å²) < 4.78 is 36.4. The molecule has 1 aromatic heterocycles. The number of nitrogens with two attached hydrogens (primary N) is 1. The molecule has 0 radical (unpaired) electrons. The van der Waals surface area contributed by atoms with Crippen molar-refractivity contribution in [2.45, 2.75) is 58.3 Å². The summed E-state index contributed by atoms with van der Waals surface area (Å²) in [4.78, 5) is 46.7. The number of piperazine rings is 1. The van der Waals surface area contributed by atoms with E-state index in [-0.39, 0.29) is 25.3 Å². The maximum Gasteiger partial charge on any atom is 0.306 e. The first kappa shape index (κ1) is 35.6. The molecule has 0 bridgehead atoms. The number of rotatable bonds is 12. The van der Waals surface area contributed by atoms with Crippen molar-refractivity contribution in [2.24, 2.45) is 5.73 Å². The zero-order valence-electron chi connectivity index (χ0n) is 28.6. The van der Waals surface area contributed by atoms with E-state index in [9.17, 15) is 22.8 Å². The van der Waals surface area contributed by atoms with E-state index in [1.165, 1.54) is 15.5 Å². The third kappa shape index (κ3) is 8.86. The van der Waals surface area contributed by atoms with Crippen LogP contribution in [0.15, 0.2) is 54.6 Å². The lowest BCUT2D eigenvalue weighted by molar-refractivity contribution is -0.155. The molecule has 1 saturated heterocycles. The Hall–Kier alpha value is -4.69. The summed E-state index contributed by atoms with van der Waals surface area (Å²) in [5.74, 6) is -0.101. The number of benzene rings is 2. The topological polar surface area (TPSA) is 164 Å². The quantitative estimate of drug-likeness (QED) is 0.269. The summed E-state index contributed by atoms with van der Waals surface area (Å²) in [6.45, 7) is 7.72. The van der Waals surface area contributed by atoms with E-state index in [1.54, 1.807) is 33.9 Å². The van der Waals surface area contributed by atoms with Gasteiger partial charge in [-0.2, -0.15) is 4.31 Å². The fourth-order valence-electron chi connectivity index (χ4n) is 6.00. The van der Waals surface area contributed by atoms with Crippen LogP contribution in [0.5, 0.6) is 5.75 Å². The first-order valence-corrected chi connectivity index (χ1v) is 18.0. The van der Waals surface area contributed by atoms with E-state index in [1.807, 2.05) is 48.5 Å². The third-order valence-corrected chi connectivity index (χ3v) is 9.80. The van der Waals surface area contributed by atoms with Crippen molar-refractivity contribution in [1.82, 2.24) is 14.2 Å². The molecule has 0 spiro atoms. The van der Waals surface area contributed by atoms with Gasteiger partial charge in [-0.1, -0.05) is 18.2 Å². The Bertz CT molecular complexity index is 1820. The number of aromatic nitrogens is 1. The number of ether oxygens (including phenoxy) is 2. The van der Waals surface area contributed by atoms with Crippen LogP contribution in [0.2, 0.25) is 0 Å². The number of anilines is 2. The number of hydrogen-bond acceptors (Lipinski definition) is 10. The molecule has 3 N–H and O–H groups in total. The predicted octanol–water partition coefficient (Wildman–Crippen LogP) is 3.38. The summed E-state index contributed by atoms with van der Waals surface area (Å²) in [5, 5.41) is 3.42. The number of nitrogens with one attached hydrogen (secondary N) is 1. The summed E-state index contributed by atoms with van der Waals surface area (Å²) >= 11 is 0. The van der Waals surface area contributed by atoms with Gasteiger partial charge in [0, 0.05) is 68.6 Å². The largest absolute Gasteiger partial charge is 0.497 e. The molecule has 1 fully saturated rings. The second-order valence-corrected chi connectivity index (χ2v) is 15.3. The van der Waals surface area contributed by atoms with E-state index in [2.05, 4.69) is 10.2 Å². The molecule has 2 aromatic carbocycles. The molecule has 3 heterocycles. The van der Waals surface area contributed by atoms with Gasteiger partial charge in [0.2, 0.25) is 15.9 Å². The highest BCUT2D eigenvalue weighted by Crippen LogP contribution is 2.33. The van der Waals surface area contributed by atoms with Crippen molar-refractivity contribution < 1.29 is 32.3 Å². The molecular formula is C35H44N6O7S. The van der Waals surface area contributed by atoms with Crippen LogP contribution in [0, 0.1) is 0 Å². The molecular weight excluding hydrogens is 648 g/mol. The average Bonchev–Trinajstić information content (AvgIpc) is 3.37. The molecule has 2 aliphatic rings. The summed E-state index contributed by atoms with van der Waals surface area (Å²) in [6, 6.07) is 16.1. The summed E-state index contributed by atoms with van der Waals surface area (Å²) in [6.07, 6.45) is 1.22. The van der Waals surface area contributed by atoms with Crippen LogP contribution in [-0.2, 0) is 37.4 Å². The van der Waals surface area contributed by atoms with Gasteiger partial charge in [-0.25, -0.2) is 13.4 Å². The molecule has 49 heavy (non-hydrogen) atoms. The molecule has 1 atom stereocenters. The molecule has 1 unspecified atom stereocenters. The van der Waals surface area contributed by atoms with Crippen molar-refractivity contribution in [1.29, 1.82) is 0 Å². The number of carbonyl (C=O) groups excluding carboxylic acids is 3. The maximum absolute atomic E-state index is 13.5. The monoisotopic (exact) mass is 692 g/mol. The standard InChI is InChI=1S/C35H44N6O7S/c1-35(2,3)48-32(42)13-12-30(33(36)43)41-22-25-18-24(8-11-28(25)34(41)44)29-19-26(39-14-16-40(17-15-39)49(5,45)46)20-31(38-29)37-21-23-6-9-27(47-4)10-7-23/h6-11,18-20,30H,12-17,21-22H2,1-5H3,(H2,36,43)(H,37,38). The minimum absolute atomic E-state index is 0.0518. The number of esters is 1. The lowest BCUT2D eigenvalue weighted by Crippen LogP contribution is -2.48. The van der Waals surface area contributed by atoms with Crippen LogP contribution in [0.3, 0.4) is 0 Å². The average molecular weight is 693 g/mol. The number of hydrogen-bond donors (Lipinski definition) is 2. The summed E-state index contributed by atoms with van der Waals surface area (Å²) in [7, 11) is -1.67. The van der Waals surface area contributed by atoms with Gasteiger partial charge in [0.05, 0.1) is 19.1 Å². The second-order valence-electron chi connectivity index (χ2n) is 13.3. The zero-order chi connectivity index (χ0) is 35.5. The van der Waals surface area contributed by atoms with Gasteiger partial charge >= 0.3 is 5.97 Å². The summed E-state index contributed by atoms with van der Waals surface area (Å²) in [5.41, 5.74) is 9.56. The first-order chi connectivity index (χ1) is 23.1. The zero-order valence-corrected chi connectivity index (χ0v) is 29.4. The minimum Gasteiger partial charge on any atom is -0.497 e. The number of amides is 2. The Morgan fingerprint density at radius 3 is 2.33 bits per heavy atom.